The van der Waals surface area contributed by atoms with Crippen molar-refractivity contribution in [1.82, 2.24) is 19.7 Å². The van der Waals surface area contributed by atoms with Crippen molar-refractivity contribution in [2.75, 3.05) is 6.54 Å². The molecule has 4 rings (SSSR count). The van der Waals surface area contributed by atoms with Gasteiger partial charge in [0, 0.05) is 11.6 Å². The number of nitrogens with zero attached hydrogens (tertiary/aromatic N) is 4. The Kier molecular flexibility index (Phi) is 5.81. The number of carbonyl (C=O) groups is 1. The molecular weight excluding hydrogens is 388 g/mol. The van der Waals surface area contributed by atoms with Gasteiger partial charge in [-0.3, -0.25) is 4.90 Å². The maximum atomic E-state index is 12.7. The molecule has 1 aliphatic rings. The molecule has 2 heterocycles. The molecule has 2 aromatic carbocycles. The molecule has 1 saturated heterocycles. The lowest BCUT2D eigenvalue weighted by Crippen LogP contribution is -2.32. The van der Waals surface area contributed by atoms with Crippen LogP contribution in [-0.2, 0) is 17.9 Å². The average molecular weight is 411 g/mol. The van der Waals surface area contributed by atoms with Gasteiger partial charge in [-0.2, -0.15) is 5.10 Å². The minimum atomic E-state index is -0.310. The number of aromatic nitrogens is 3. The van der Waals surface area contributed by atoms with Crippen LogP contribution in [0.3, 0.4) is 0 Å². The fourth-order valence-electron chi connectivity index (χ4n) is 3.65. The monoisotopic (exact) mass is 410 g/mol. The van der Waals surface area contributed by atoms with Crippen LogP contribution in [0.15, 0.2) is 54.6 Å². The zero-order chi connectivity index (χ0) is 20.2. The van der Waals surface area contributed by atoms with E-state index in [9.17, 15) is 4.79 Å². The zero-order valence-corrected chi connectivity index (χ0v) is 17.0. The first-order valence-electron chi connectivity index (χ1n) is 9.73. The smallest absolute Gasteiger partial charge is 0.410 e. The van der Waals surface area contributed by atoms with Crippen LogP contribution in [0.1, 0.15) is 41.7 Å². The topological polar surface area (TPSA) is 60.3 Å². The Morgan fingerprint density at radius 3 is 2.66 bits per heavy atom. The minimum Gasteiger partial charge on any atom is -0.445 e. The largest absolute Gasteiger partial charge is 0.445 e. The molecule has 0 bridgehead atoms. The lowest BCUT2D eigenvalue weighted by atomic mass is 10.2. The second-order valence-corrected chi connectivity index (χ2v) is 7.63. The van der Waals surface area contributed by atoms with Crippen LogP contribution in [0, 0.1) is 6.92 Å². The van der Waals surface area contributed by atoms with E-state index in [1.165, 1.54) is 0 Å². The third-order valence-electron chi connectivity index (χ3n) is 5.04. The van der Waals surface area contributed by atoms with Gasteiger partial charge < -0.3 is 4.74 Å². The molecular formula is C22H23ClN4O2. The molecule has 0 saturated carbocycles. The summed E-state index contributed by atoms with van der Waals surface area (Å²) in [6.45, 7) is 3.37. The summed E-state index contributed by atoms with van der Waals surface area (Å²) in [5, 5.41) is 5.25. The van der Waals surface area contributed by atoms with E-state index < -0.39 is 0 Å². The second-order valence-electron chi connectivity index (χ2n) is 7.19. The first-order chi connectivity index (χ1) is 14.1. The molecule has 7 heteroatoms. The number of carbonyl (C=O) groups excluding carboxylic acids is 1. The predicted molar refractivity (Wildman–Crippen MR) is 111 cm³/mol. The van der Waals surface area contributed by atoms with Crippen LogP contribution in [0.2, 0.25) is 5.02 Å². The van der Waals surface area contributed by atoms with Crippen LogP contribution < -0.4 is 0 Å². The number of rotatable bonds is 5. The molecule has 0 spiro atoms. The third kappa shape index (κ3) is 4.59. The van der Waals surface area contributed by atoms with Gasteiger partial charge in [0.05, 0.1) is 12.6 Å². The molecule has 0 aliphatic carbocycles. The van der Waals surface area contributed by atoms with Crippen molar-refractivity contribution in [3.63, 3.8) is 0 Å². The highest BCUT2D eigenvalue weighted by molar-refractivity contribution is 6.30. The SMILES string of the molecule is Cc1nc([C@H]2CCCN2C(=O)OCc2ccccc2)n(Cc2ccc(Cl)cc2)n1. The maximum Gasteiger partial charge on any atom is 0.410 e. The molecule has 1 amide bonds. The van der Waals surface area contributed by atoms with Crippen molar-refractivity contribution in [3.05, 3.63) is 82.4 Å². The molecule has 1 atom stereocenters. The molecule has 150 valence electrons. The fraction of sp³-hybridized carbons (Fsp3) is 0.318. The fourth-order valence-corrected chi connectivity index (χ4v) is 3.78. The number of halogens is 1. The van der Waals surface area contributed by atoms with E-state index >= 15 is 0 Å². The summed E-state index contributed by atoms with van der Waals surface area (Å²) in [7, 11) is 0. The highest BCUT2D eigenvalue weighted by atomic mass is 35.5. The highest BCUT2D eigenvalue weighted by Gasteiger charge is 2.34. The van der Waals surface area contributed by atoms with Crippen LogP contribution in [0.25, 0.3) is 0 Å². The Morgan fingerprint density at radius 2 is 1.90 bits per heavy atom. The summed E-state index contributed by atoms with van der Waals surface area (Å²) in [6, 6.07) is 17.2. The summed E-state index contributed by atoms with van der Waals surface area (Å²) in [5.41, 5.74) is 2.05. The second kappa shape index (κ2) is 8.66. The van der Waals surface area contributed by atoms with Crippen molar-refractivity contribution in [1.29, 1.82) is 0 Å². The van der Waals surface area contributed by atoms with Gasteiger partial charge in [0.1, 0.15) is 18.3 Å². The van der Waals surface area contributed by atoms with Crippen LogP contribution >= 0.6 is 11.6 Å². The maximum absolute atomic E-state index is 12.7. The first kappa shape index (κ1) is 19.5. The zero-order valence-electron chi connectivity index (χ0n) is 16.3. The van der Waals surface area contributed by atoms with E-state index in [2.05, 4.69) is 10.1 Å². The van der Waals surface area contributed by atoms with E-state index in [0.717, 1.165) is 29.8 Å². The predicted octanol–water partition coefficient (Wildman–Crippen LogP) is 4.76. The molecule has 0 radical (unpaired) electrons. The molecule has 1 aliphatic heterocycles. The molecule has 1 fully saturated rings. The summed E-state index contributed by atoms with van der Waals surface area (Å²) >= 11 is 5.99. The normalized spacial score (nSPS) is 16.2. The quantitative estimate of drug-likeness (QED) is 0.608. The van der Waals surface area contributed by atoms with E-state index in [1.54, 1.807) is 4.90 Å². The average Bonchev–Trinajstić information content (AvgIpc) is 3.35. The molecule has 0 unspecified atom stereocenters. The number of hydrogen-bond donors (Lipinski definition) is 0. The lowest BCUT2D eigenvalue weighted by Gasteiger charge is -2.24. The first-order valence-corrected chi connectivity index (χ1v) is 10.1. The number of amides is 1. The van der Waals surface area contributed by atoms with Gasteiger partial charge in [-0.25, -0.2) is 14.5 Å². The Hall–Kier alpha value is -2.86. The van der Waals surface area contributed by atoms with Gasteiger partial charge in [-0.05, 0) is 43.0 Å². The van der Waals surface area contributed by atoms with Gasteiger partial charge in [0.2, 0.25) is 0 Å². The third-order valence-corrected chi connectivity index (χ3v) is 5.29. The summed E-state index contributed by atoms with van der Waals surface area (Å²) in [6.07, 6.45) is 1.45. The van der Waals surface area contributed by atoms with Crippen molar-refractivity contribution in [3.8, 4) is 0 Å². The number of benzene rings is 2. The number of ether oxygens (including phenoxy) is 1. The Balaban J connectivity index is 1.49. The highest BCUT2D eigenvalue weighted by Crippen LogP contribution is 2.32. The Labute approximate surface area is 175 Å². The van der Waals surface area contributed by atoms with E-state index in [4.69, 9.17) is 16.3 Å². The number of aryl methyl sites for hydroxylation is 1. The number of hydrogen-bond acceptors (Lipinski definition) is 4. The summed E-state index contributed by atoms with van der Waals surface area (Å²) < 4.78 is 7.44. The van der Waals surface area contributed by atoms with Crippen molar-refractivity contribution in [2.45, 2.75) is 39.0 Å². The molecule has 1 aromatic heterocycles. The standard InChI is InChI=1S/C22H23ClN4O2/c1-16-24-21(27(25-16)14-17-9-11-19(23)12-10-17)20-8-5-13-26(20)22(28)29-15-18-6-3-2-4-7-18/h2-4,6-7,9-12,20H,5,8,13-15H2,1H3/t20-/m1/s1. The summed E-state index contributed by atoms with van der Waals surface area (Å²) in [4.78, 5) is 19.2. The summed E-state index contributed by atoms with van der Waals surface area (Å²) in [5.74, 6) is 1.49. The van der Waals surface area contributed by atoms with Gasteiger partial charge in [0.25, 0.3) is 0 Å². The Bertz CT molecular complexity index is 972. The van der Waals surface area contributed by atoms with Crippen molar-refractivity contribution >= 4 is 17.7 Å². The number of likely N-dealkylation sites (tertiary alicyclic amines) is 1. The molecule has 3 aromatic rings. The van der Waals surface area contributed by atoms with E-state index in [0.29, 0.717) is 23.9 Å². The van der Waals surface area contributed by atoms with Crippen LogP contribution in [-0.4, -0.2) is 32.3 Å². The van der Waals surface area contributed by atoms with Gasteiger partial charge >= 0.3 is 6.09 Å². The van der Waals surface area contributed by atoms with Crippen molar-refractivity contribution in [2.24, 2.45) is 0 Å². The van der Waals surface area contributed by atoms with Gasteiger partial charge in [0.15, 0.2) is 0 Å². The van der Waals surface area contributed by atoms with E-state index in [-0.39, 0.29) is 18.7 Å². The van der Waals surface area contributed by atoms with Crippen LogP contribution in [0.4, 0.5) is 4.79 Å². The van der Waals surface area contributed by atoms with Crippen LogP contribution in [0.5, 0.6) is 0 Å². The minimum absolute atomic E-state index is 0.133. The Morgan fingerprint density at radius 1 is 1.14 bits per heavy atom. The molecule has 29 heavy (non-hydrogen) atoms. The molecule has 6 nitrogen and oxygen atoms in total. The van der Waals surface area contributed by atoms with Crippen molar-refractivity contribution < 1.29 is 9.53 Å². The molecule has 0 N–H and O–H groups in total. The van der Waals surface area contributed by atoms with Gasteiger partial charge in [-0.1, -0.05) is 54.1 Å². The van der Waals surface area contributed by atoms with Gasteiger partial charge in [-0.15, -0.1) is 0 Å². The lowest BCUT2D eigenvalue weighted by molar-refractivity contribution is 0.0902. The van der Waals surface area contributed by atoms with E-state index in [1.807, 2.05) is 66.2 Å².